The van der Waals surface area contributed by atoms with Gasteiger partial charge in [-0.1, -0.05) is 18.2 Å². The number of nitrogens with one attached hydrogen (secondary N) is 1. The molecule has 2 rings (SSSR count). The fraction of sp³-hybridized carbons (Fsp3) is 0.353. The Morgan fingerprint density at radius 2 is 1.91 bits per heavy atom. The molecule has 0 spiro atoms. The van der Waals surface area contributed by atoms with Crippen LogP contribution in [0.25, 0.3) is 0 Å². The number of alkyl halides is 3. The van der Waals surface area contributed by atoms with Crippen LogP contribution in [0.2, 0.25) is 0 Å². The number of amides is 1. The summed E-state index contributed by atoms with van der Waals surface area (Å²) in [6.07, 6.45) is 3.80. The molecule has 1 amide bonds. The number of hydrogen-bond acceptors (Lipinski definition) is 2. The normalized spacial score (nSPS) is 15.7. The minimum absolute atomic E-state index is 0.192. The largest absolute Gasteiger partial charge is 0.416 e. The molecule has 1 fully saturated rings. The van der Waals surface area contributed by atoms with E-state index in [1.54, 1.807) is 25.2 Å². The summed E-state index contributed by atoms with van der Waals surface area (Å²) in [7, 11) is 0. The molecule has 1 N–H and O–H groups in total. The van der Waals surface area contributed by atoms with Crippen LogP contribution in [0.3, 0.4) is 0 Å². The third-order valence-corrected chi connectivity index (χ3v) is 3.58. The number of carbonyl (C=O) groups is 1. The molecule has 23 heavy (non-hydrogen) atoms. The highest BCUT2D eigenvalue weighted by atomic mass is 19.4. The lowest BCUT2D eigenvalue weighted by atomic mass is 10.1. The third kappa shape index (κ3) is 4.61. The average Bonchev–Trinajstić information content (AvgIpc) is 3.00. The molecule has 1 aliphatic rings. The van der Waals surface area contributed by atoms with Crippen LogP contribution in [0, 0.1) is 0 Å². The standard InChI is InChI=1S/C17H19F3N2O/c1-2-3-4-7-16(23)21-14-12-13(17(18,19)20)8-9-15(14)22-10-5-6-11-22/h2-4,7-9,12H,5-6,10-11H2,1H3,(H,21,23)/b3-2+,7-4+. The molecule has 1 aliphatic heterocycles. The number of nitrogens with zero attached hydrogens (tertiary/aromatic N) is 1. The zero-order chi connectivity index (χ0) is 16.9. The summed E-state index contributed by atoms with van der Waals surface area (Å²) in [6, 6.07) is 3.48. The first-order valence-corrected chi connectivity index (χ1v) is 7.48. The van der Waals surface area contributed by atoms with Gasteiger partial charge in [0, 0.05) is 19.2 Å². The predicted octanol–water partition coefficient (Wildman–Crippen LogP) is 4.38. The number of anilines is 2. The fourth-order valence-electron chi connectivity index (χ4n) is 2.47. The van der Waals surface area contributed by atoms with Crippen molar-refractivity contribution in [2.24, 2.45) is 0 Å². The van der Waals surface area contributed by atoms with Gasteiger partial charge in [-0.15, -0.1) is 0 Å². The summed E-state index contributed by atoms with van der Waals surface area (Å²) in [5, 5.41) is 2.56. The first-order valence-electron chi connectivity index (χ1n) is 7.48. The van der Waals surface area contributed by atoms with Gasteiger partial charge in [-0.2, -0.15) is 13.2 Å². The summed E-state index contributed by atoms with van der Waals surface area (Å²) in [5.41, 5.74) is 0.0494. The smallest absolute Gasteiger partial charge is 0.370 e. The Morgan fingerprint density at radius 3 is 2.52 bits per heavy atom. The molecule has 0 atom stereocenters. The van der Waals surface area contributed by atoms with E-state index >= 15 is 0 Å². The molecule has 1 aromatic rings. The van der Waals surface area contributed by atoms with Gasteiger partial charge in [0.25, 0.3) is 0 Å². The van der Waals surface area contributed by atoms with Crippen molar-refractivity contribution in [2.75, 3.05) is 23.3 Å². The molecule has 1 aromatic carbocycles. The van der Waals surface area contributed by atoms with Crippen molar-refractivity contribution >= 4 is 17.3 Å². The second-order valence-electron chi connectivity index (χ2n) is 5.30. The number of halogens is 3. The first kappa shape index (κ1) is 17.1. The molecule has 0 radical (unpaired) electrons. The molecule has 0 aromatic heterocycles. The monoisotopic (exact) mass is 324 g/mol. The summed E-state index contributed by atoms with van der Waals surface area (Å²) in [4.78, 5) is 13.9. The van der Waals surface area contributed by atoms with Crippen molar-refractivity contribution in [1.82, 2.24) is 0 Å². The number of allylic oxidation sites excluding steroid dienone is 3. The average molecular weight is 324 g/mol. The van der Waals surface area contributed by atoms with Gasteiger partial charge in [0.15, 0.2) is 0 Å². The Bertz CT molecular complexity index is 615. The highest BCUT2D eigenvalue weighted by Crippen LogP contribution is 2.36. The van der Waals surface area contributed by atoms with Gasteiger partial charge in [0.1, 0.15) is 0 Å². The Hall–Kier alpha value is -2.24. The minimum atomic E-state index is -4.44. The summed E-state index contributed by atoms with van der Waals surface area (Å²) in [5.74, 6) is -0.456. The third-order valence-electron chi connectivity index (χ3n) is 3.58. The van der Waals surface area contributed by atoms with Crippen LogP contribution in [0.1, 0.15) is 25.3 Å². The van der Waals surface area contributed by atoms with Crippen LogP contribution in [-0.4, -0.2) is 19.0 Å². The minimum Gasteiger partial charge on any atom is -0.370 e. The van der Waals surface area contributed by atoms with Crippen LogP contribution in [-0.2, 0) is 11.0 Å². The molecule has 0 saturated carbocycles. The second kappa shape index (κ2) is 7.35. The topological polar surface area (TPSA) is 32.3 Å². The van der Waals surface area contributed by atoms with Crippen molar-refractivity contribution in [3.63, 3.8) is 0 Å². The van der Waals surface area contributed by atoms with E-state index in [2.05, 4.69) is 5.32 Å². The lowest BCUT2D eigenvalue weighted by Crippen LogP contribution is -2.21. The maximum Gasteiger partial charge on any atom is 0.416 e. The van der Waals surface area contributed by atoms with Crippen molar-refractivity contribution in [3.8, 4) is 0 Å². The summed E-state index contributed by atoms with van der Waals surface area (Å²) < 4.78 is 38.7. The van der Waals surface area contributed by atoms with E-state index in [1.165, 1.54) is 12.1 Å². The number of hydrogen-bond donors (Lipinski definition) is 1. The van der Waals surface area contributed by atoms with E-state index in [4.69, 9.17) is 0 Å². The van der Waals surface area contributed by atoms with Crippen LogP contribution in [0.4, 0.5) is 24.5 Å². The van der Waals surface area contributed by atoms with Crippen LogP contribution in [0.15, 0.2) is 42.5 Å². The highest BCUT2D eigenvalue weighted by molar-refractivity contribution is 6.01. The molecule has 0 unspecified atom stereocenters. The predicted molar refractivity (Wildman–Crippen MR) is 85.5 cm³/mol. The Morgan fingerprint density at radius 1 is 1.22 bits per heavy atom. The van der Waals surface area contributed by atoms with E-state index in [-0.39, 0.29) is 5.69 Å². The fourth-order valence-corrected chi connectivity index (χ4v) is 2.47. The van der Waals surface area contributed by atoms with Crippen LogP contribution in [0.5, 0.6) is 0 Å². The molecule has 3 nitrogen and oxygen atoms in total. The van der Waals surface area contributed by atoms with E-state index in [1.807, 2.05) is 4.90 Å². The van der Waals surface area contributed by atoms with Crippen molar-refractivity contribution in [1.29, 1.82) is 0 Å². The maximum atomic E-state index is 12.9. The van der Waals surface area contributed by atoms with Gasteiger partial charge in [0.2, 0.25) is 5.91 Å². The van der Waals surface area contributed by atoms with E-state index < -0.39 is 17.6 Å². The number of rotatable bonds is 4. The second-order valence-corrected chi connectivity index (χ2v) is 5.30. The van der Waals surface area contributed by atoms with Crippen LogP contribution < -0.4 is 10.2 Å². The lowest BCUT2D eigenvalue weighted by Gasteiger charge is -2.22. The van der Waals surface area contributed by atoms with Gasteiger partial charge in [-0.25, -0.2) is 0 Å². The number of carbonyl (C=O) groups excluding carboxylic acids is 1. The first-order chi connectivity index (χ1) is 10.9. The van der Waals surface area contributed by atoms with Crippen molar-refractivity contribution < 1.29 is 18.0 Å². The molecule has 124 valence electrons. The SMILES string of the molecule is C/C=C/C=C/C(=O)Nc1cc(C(F)(F)F)ccc1N1CCCC1. The molecule has 1 heterocycles. The van der Waals surface area contributed by atoms with E-state index in [9.17, 15) is 18.0 Å². The van der Waals surface area contributed by atoms with Gasteiger partial charge in [-0.3, -0.25) is 4.79 Å². The van der Waals surface area contributed by atoms with E-state index in [0.29, 0.717) is 5.69 Å². The highest BCUT2D eigenvalue weighted by Gasteiger charge is 2.31. The molecular formula is C17H19F3N2O. The van der Waals surface area contributed by atoms with E-state index in [0.717, 1.165) is 38.1 Å². The number of benzene rings is 1. The zero-order valence-corrected chi connectivity index (χ0v) is 12.9. The van der Waals surface area contributed by atoms with Crippen LogP contribution >= 0.6 is 0 Å². The Kier molecular flexibility index (Phi) is 5.47. The Labute approximate surface area is 133 Å². The summed E-state index contributed by atoms with van der Waals surface area (Å²) in [6.45, 7) is 3.37. The van der Waals surface area contributed by atoms with Crippen molar-refractivity contribution in [3.05, 3.63) is 48.1 Å². The molecular weight excluding hydrogens is 305 g/mol. The molecule has 0 bridgehead atoms. The van der Waals surface area contributed by atoms with Gasteiger partial charge in [-0.05, 0) is 38.0 Å². The molecule has 6 heteroatoms. The Balaban J connectivity index is 2.30. The lowest BCUT2D eigenvalue weighted by molar-refractivity contribution is -0.137. The van der Waals surface area contributed by atoms with Gasteiger partial charge in [0.05, 0.1) is 16.9 Å². The maximum absolute atomic E-state index is 12.9. The summed E-state index contributed by atoms with van der Waals surface area (Å²) >= 11 is 0. The molecule has 0 aliphatic carbocycles. The van der Waals surface area contributed by atoms with Gasteiger partial charge >= 0.3 is 6.18 Å². The zero-order valence-electron chi connectivity index (χ0n) is 12.9. The van der Waals surface area contributed by atoms with Crippen molar-refractivity contribution in [2.45, 2.75) is 25.9 Å². The molecule has 1 saturated heterocycles. The van der Waals surface area contributed by atoms with Gasteiger partial charge < -0.3 is 10.2 Å². The quantitative estimate of drug-likeness (QED) is 0.658.